The Bertz CT molecular complexity index is 137. The van der Waals surface area contributed by atoms with Crippen molar-refractivity contribution in [2.45, 2.75) is 33.3 Å². The summed E-state index contributed by atoms with van der Waals surface area (Å²) in [4.78, 5) is 0. The second-order valence-corrected chi connectivity index (χ2v) is 6.79. The smallest absolute Gasteiger partial charge is 0.122 e. The predicted octanol–water partition coefficient (Wildman–Crippen LogP) is 4.13. The summed E-state index contributed by atoms with van der Waals surface area (Å²) in [7, 11) is 0. The van der Waals surface area contributed by atoms with Crippen LogP contribution in [0.4, 0.5) is 0 Å². The van der Waals surface area contributed by atoms with E-state index < -0.39 is 8.67 Å². The van der Waals surface area contributed by atoms with Crippen LogP contribution in [-0.4, -0.2) is 14.0 Å². The van der Waals surface area contributed by atoms with Gasteiger partial charge in [0.25, 0.3) is 0 Å². The Morgan fingerprint density at radius 3 is 1.55 bits per heavy atom. The molecule has 0 aliphatic heterocycles. The molecule has 0 saturated heterocycles. The molecular weight excluding hydrogens is 249 g/mol. The second-order valence-electron chi connectivity index (χ2n) is 2.89. The van der Waals surface area contributed by atoms with Crippen molar-refractivity contribution in [2.75, 3.05) is 0 Å². The molecule has 0 aromatic heterocycles. The Kier molecular flexibility index (Phi) is 3.16. The van der Waals surface area contributed by atoms with Crippen molar-refractivity contribution in [2.24, 2.45) is 0 Å². The van der Waals surface area contributed by atoms with E-state index >= 15 is 0 Å². The van der Waals surface area contributed by atoms with E-state index in [0.29, 0.717) is 19.3 Å². The van der Waals surface area contributed by atoms with Crippen molar-refractivity contribution in [1.29, 1.82) is 0 Å². The van der Waals surface area contributed by atoms with Gasteiger partial charge < -0.3 is 0 Å². The first-order chi connectivity index (χ1) is 4.81. The van der Waals surface area contributed by atoms with Gasteiger partial charge in [-0.1, -0.05) is 0 Å². The highest BCUT2D eigenvalue weighted by molar-refractivity contribution is 6.53. The van der Waals surface area contributed by atoms with Crippen molar-refractivity contribution in [3.8, 4) is 0 Å². The van der Waals surface area contributed by atoms with Crippen LogP contribution in [0.3, 0.4) is 0 Å². The lowest BCUT2D eigenvalue weighted by molar-refractivity contribution is 0.461. The van der Waals surface area contributed by atoms with E-state index in [0.717, 1.165) is 0 Å². The van der Waals surface area contributed by atoms with Gasteiger partial charge in [0.2, 0.25) is 0 Å². The molecule has 1 rings (SSSR count). The van der Waals surface area contributed by atoms with Gasteiger partial charge in [0, 0.05) is 11.8 Å². The molecule has 0 atom stereocenters. The summed E-state index contributed by atoms with van der Waals surface area (Å²) in [6.45, 7) is 0. The van der Waals surface area contributed by atoms with Crippen molar-refractivity contribution in [1.82, 2.24) is 0 Å². The highest BCUT2D eigenvalue weighted by Gasteiger charge is 2.44. The van der Waals surface area contributed by atoms with Crippen LogP contribution < -0.4 is 0 Å². The minimum atomic E-state index is -0.867. The molecule has 0 amide bonds. The molecule has 0 aromatic carbocycles. The van der Waals surface area contributed by atoms with Crippen molar-refractivity contribution in [3.05, 3.63) is 0 Å². The molecule has 0 nitrogen and oxygen atoms in total. The molecule has 1 aliphatic carbocycles. The Hall–Kier alpha value is 1.45. The number of rotatable bonds is 0. The van der Waals surface area contributed by atoms with Crippen molar-refractivity contribution < 1.29 is 0 Å². The summed E-state index contributed by atoms with van der Waals surface area (Å²) >= 11 is 29.3. The first-order valence-corrected chi connectivity index (χ1v) is 5.15. The van der Waals surface area contributed by atoms with Gasteiger partial charge in [-0.3, -0.25) is 0 Å². The van der Waals surface area contributed by atoms with Crippen LogP contribution in [0.25, 0.3) is 0 Å². The average Bonchev–Trinajstić information content (AvgIpc) is 1.49. The van der Waals surface area contributed by atoms with Crippen LogP contribution in [0.5, 0.6) is 0 Å². The fraction of sp³-hybridized carbons (Fsp3) is 1.00. The summed E-state index contributed by atoms with van der Waals surface area (Å²) in [6, 6.07) is 0. The Balaban J connectivity index is 2.66. The molecule has 5 heteroatoms. The van der Waals surface area contributed by atoms with E-state index in [4.69, 9.17) is 58.0 Å². The molecule has 0 unspecified atom stereocenters. The van der Waals surface area contributed by atoms with Crippen molar-refractivity contribution >= 4 is 58.0 Å². The Morgan fingerprint density at radius 1 is 0.909 bits per heavy atom. The number of halogens is 5. The van der Waals surface area contributed by atoms with E-state index in [2.05, 4.69) is 0 Å². The molecule has 0 N–H and O–H groups in total. The van der Waals surface area contributed by atoms with Crippen molar-refractivity contribution in [3.63, 3.8) is 0 Å². The zero-order valence-electron chi connectivity index (χ0n) is 5.59. The maximum Gasteiger partial charge on any atom is 0.122 e. The van der Waals surface area contributed by atoms with Crippen LogP contribution in [0.1, 0.15) is 19.3 Å². The van der Waals surface area contributed by atoms with Gasteiger partial charge in [-0.15, -0.1) is 58.0 Å². The maximum atomic E-state index is 5.86. The van der Waals surface area contributed by atoms with Crippen LogP contribution in [0.15, 0.2) is 0 Å². The first kappa shape index (κ1) is 10.5. The lowest BCUT2D eigenvalue weighted by Crippen LogP contribution is -2.36. The standard InChI is InChI=1S/C6H7Cl5/c7-4-1-5(8,9)3-6(10,11)2-4/h4H,1-3H2. The van der Waals surface area contributed by atoms with E-state index in [1.54, 1.807) is 0 Å². The SMILES string of the molecule is ClC1CC(Cl)(Cl)CC(Cl)(Cl)C1. The van der Waals surface area contributed by atoms with Gasteiger partial charge in [0.05, 0.1) is 0 Å². The molecule has 1 fully saturated rings. The number of hydrogen-bond donors (Lipinski definition) is 0. The molecule has 66 valence electrons. The molecule has 0 spiro atoms. The van der Waals surface area contributed by atoms with E-state index in [9.17, 15) is 0 Å². The highest BCUT2D eigenvalue weighted by Crippen LogP contribution is 2.49. The molecular formula is C6H7Cl5. The molecule has 0 heterocycles. The fourth-order valence-corrected chi connectivity index (χ4v) is 4.02. The summed E-state index contributed by atoms with van der Waals surface area (Å²) in [6.07, 6.45) is 1.45. The summed E-state index contributed by atoms with van der Waals surface area (Å²) in [5.74, 6) is 0. The Labute approximate surface area is 91.1 Å². The maximum absolute atomic E-state index is 5.86. The van der Waals surface area contributed by atoms with Gasteiger partial charge >= 0.3 is 0 Å². The van der Waals surface area contributed by atoms with E-state index in [1.807, 2.05) is 0 Å². The topological polar surface area (TPSA) is 0 Å². The minimum absolute atomic E-state index is 0.131. The third-order valence-electron chi connectivity index (χ3n) is 1.56. The van der Waals surface area contributed by atoms with Gasteiger partial charge in [0.15, 0.2) is 0 Å². The zero-order valence-corrected chi connectivity index (χ0v) is 9.37. The molecule has 1 saturated carbocycles. The van der Waals surface area contributed by atoms with Crippen LogP contribution in [0, 0.1) is 0 Å². The van der Waals surface area contributed by atoms with Gasteiger partial charge in [0.1, 0.15) is 8.67 Å². The number of alkyl halides is 5. The van der Waals surface area contributed by atoms with Crippen LogP contribution in [0.2, 0.25) is 0 Å². The Morgan fingerprint density at radius 2 is 1.27 bits per heavy atom. The first-order valence-electron chi connectivity index (χ1n) is 3.20. The molecule has 0 radical (unpaired) electrons. The minimum Gasteiger partial charge on any atom is -0.123 e. The van der Waals surface area contributed by atoms with Gasteiger partial charge in [-0.2, -0.15) is 0 Å². The molecule has 0 aromatic rings. The third-order valence-corrected chi connectivity index (χ3v) is 3.02. The van der Waals surface area contributed by atoms with E-state index in [1.165, 1.54) is 0 Å². The van der Waals surface area contributed by atoms with Gasteiger partial charge in [-0.25, -0.2) is 0 Å². The fourth-order valence-electron chi connectivity index (χ4n) is 1.24. The predicted molar refractivity (Wildman–Crippen MR) is 52.4 cm³/mol. The molecule has 11 heavy (non-hydrogen) atoms. The van der Waals surface area contributed by atoms with Crippen LogP contribution in [-0.2, 0) is 0 Å². The molecule has 1 aliphatic rings. The summed E-state index contributed by atoms with van der Waals surface area (Å²) < 4.78 is -1.73. The normalized spacial score (nSPS) is 30.3. The van der Waals surface area contributed by atoms with E-state index in [-0.39, 0.29) is 5.38 Å². The van der Waals surface area contributed by atoms with Crippen LogP contribution >= 0.6 is 58.0 Å². The third kappa shape index (κ3) is 3.36. The lowest BCUT2D eigenvalue weighted by Gasteiger charge is -2.36. The summed E-state index contributed by atoms with van der Waals surface area (Å²) in [5.41, 5.74) is 0. The largest absolute Gasteiger partial charge is 0.123 e. The molecule has 0 bridgehead atoms. The highest BCUT2D eigenvalue weighted by atomic mass is 35.5. The monoisotopic (exact) mass is 254 g/mol. The summed E-state index contributed by atoms with van der Waals surface area (Å²) in [5, 5.41) is -0.131. The average molecular weight is 256 g/mol. The number of hydrogen-bond acceptors (Lipinski definition) is 0. The lowest BCUT2D eigenvalue weighted by atomic mass is 9.98. The second kappa shape index (κ2) is 3.31. The quantitative estimate of drug-likeness (QED) is 0.572. The van der Waals surface area contributed by atoms with Gasteiger partial charge in [-0.05, 0) is 12.8 Å². The zero-order chi connectivity index (χ0) is 8.70.